The van der Waals surface area contributed by atoms with Crippen LogP contribution in [0.15, 0.2) is 53.7 Å². The van der Waals surface area contributed by atoms with Gasteiger partial charge >= 0.3 is 0 Å². The molecule has 0 saturated carbocycles. The van der Waals surface area contributed by atoms with Crippen LogP contribution in [0.25, 0.3) is 10.9 Å². The van der Waals surface area contributed by atoms with Gasteiger partial charge in [-0.2, -0.15) is 11.8 Å². The van der Waals surface area contributed by atoms with Crippen LogP contribution in [0.5, 0.6) is 0 Å². The van der Waals surface area contributed by atoms with E-state index in [-0.39, 0.29) is 4.90 Å². The Morgan fingerprint density at radius 1 is 1.11 bits per heavy atom. The molecular formula is C20H22N4O2S2. The van der Waals surface area contributed by atoms with Crippen LogP contribution in [0.1, 0.15) is 5.56 Å². The Bertz CT molecular complexity index is 1100. The van der Waals surface area contributed by atoms with Gasteiger partial charge in [0.15, 0.2) is 9.84 Å². The summed E-state index contributed by atoms with van der Waals surface area (Å²) in [5, 5.41) is 4.02. The Hall–Kier alpha value is -2.16. The molecule has 4 rings (SSSR count). The van der Waals surface area contributed by atoms with E-state index in [0.29, 0.717) is 16.7 Å². The molecule has 1 saturated heterocycles. The van der Waals surface area contributed by atoms with Gasteiger partial charge < -0.3 is 5.32 Å². The predicted molar refractivity (Wildman–Crippen MR) is 115 cm³/mol. The van der Waals surface area contributed by atoms with Crippen LogP contribution >= 0.6 is 11.8 Å². The van der Waals surface area contributed by atoms with E-state index in [9.17, 15) is 8.42 Å². The lowest BCUT2D eigenvalue weighted by molar-refractivity contribution is 0.294. The highest BCUT2D eigenvalue weighted by molar-refractivity contribution is 7.99. The fourth-order valence-electron chi connectivity index (χ4n) is 3.27. The van der Waals surface area contributed by atoms with Gasteiger partial charge in [-0.05, 0) is 35.9 Å². The maximum absolute atomic E-state index is 11.9. The minimum atomic E-state index is -3.30. The first-order valence-corrected chi connectivity index (χ1v) is 12.1. The summed E-state index contributed by atoms with van der Waals surface area (Å²) < 4.78 is 23.8. The van der Waals surface area contributed by atoms with Crippen molar-refractivity contribution in [3.63, 3.8) is 0 Å². The van der Waals surface area contributed by atoms with Crippen molar-refractivity contribution < 1.29 is 8.42 Å². The van der Waals surface area contributed by atoms with Gasteiger partial charge in [0.2, 0.25) is 0 Å². The quantitative estimate of drug-likeness (QED) is 0.686. The minimum Gasteiger partial charge on any atom is -0.340 e. The Balaban J connectivity index is 1.61. The third-order valence-electron chi connectivity index (χ3n) is 4.73. The first kappa shape index (κ1) is 19.2. The van der Waals surface area contributed by atoms with E-state index in [1.165, 1.54) is 29.7 Å². The zero-order valence-corrected chi connectivity index (χ0v) is 17.3. The molecule has 6 nitrogen and oxygen atoms in total. The number of anilines is 2. The Labute approximate surface area is 169 Å². The van der Waals surface area contributed by atoms with Gasteiger partial charge in [-0.3, -0.25) is 4.90 Å². The topological polar surface area (TPSA) is 75.2 Å². The molecule has 8 heteroatoms. The second-order valence-corrected chi connectivity index (χ2v) is 10.1. The van der Waals surface area contributed by atoms with Crippen LogP contribution in [-0.2, 0) is 16.4 Å². The Morgan fingerprint density at radius 3 is 2.71 bits per heavy atom. The van der Waals surface area contributed by atoms with E-state index in [1.54, 1.807) is 18.2 Å². The average Bonchev–Trinajstić information content (AvgIpc) is 2.68. The van der Waals surface area contributed by atoms with Crippen molar-refractivity contribution in [1.29, 1.82) is 0 Å². The van der Waals surface area contributed by atoms with Gasteiger partial charge in [0, 0.05) is 48.5 Å². The van der Waals surface area contributed by atoms with E-state index in [0.717, 1.165) is 25.3 Å². The molecule has 0 atom stereocenters. The molecule has 146 valence electrons. The normalized spacial score (nSPS) is 15.6. The molecule has 0 amide bonds. The summed E-state index contributed by atoms with van der Waals surface area (Å²) >= 11 is 2.01. The zero-order chi connectivity index (χ0) is 19.6. The molecular weight excluding hydrogens is 392 g/mol. The largest absolute Gasteiger partial charge is 0.340 e. The molecule has 0 unspecified atom stereocenters. The van der Waals surface area contributed by atoms with E-state index in [2.05, 4.69) is 32.3 Å². The Kier molecular flexibility index (Phi) is 5.52. The van der Waals surface area contributed by atoms with Gasteiger partial charge in [0.1, 0.15) is 12.1 Å². The number of rotatable bonds is 5. The lowest BCUT2D eigenvalue weighted by Gasteiger charge is -2.26. The number of hydrogen-bond donors (Lipinski definition) is 1. The summed E-state index contributed by atoms with van der Waals surface area (Å²) in [4.78, 5) is 11.3. The highest BCUT2D eigenvalue weighted by Crippen LogP contribution is 2.26. The van der Waals surface area contributed by atoms with Gasteiger partial charge in [0.05, 0.1) is 10.4 Å². The number of aromatic nitrogens is 2. The van der Waals surface area contributed by atoms with Gasteiger partial charge in [-0.1, -0.05) is 12.1 Å². The number of hydrogen-bond acceptors (Lipinski definition) is 7. The van der Waals surface area contributed by atoms with E-state index in [1.807, 2.05) is 23.9 Å². The molecule has 1 fully saturated rings. The first-order chi connectivity index (χ1) is 13.5. The van der Waals surface area contributed by atoms with E-state index >= 15 is 0 Å². The monoisotopic (exact) mass is 414 g/mol. The number of benzene rings is 2. The smallest absolute Gasteiger partial charge is 0.175 e. The second kappa shape index (κ2) is 8.06. The summed E-state index contributed by atoms with van der Waals surface area (Å²) in [6.45, 7) is 3.17. The third-order valence-corrected chi connectivity index (χ3v) is 6.79. The summed E-state index contributed by atoms with van der Waals surface area (Å²) in [6.07, 6.45) is 2.69. The van der Waals surface area contributed by atoms with Crippen LogP contribution < -0.4 is 5.32 Å². The van der Waals surface area contributed by atoms with Crippen molar-refractivity contribution >= 4 is 44.0 Å². The van der Waals surface area contributed by atoms with Gasteiger partial charge in [-0.25, -0.2) is 18.4 Å². The number of nitrogens with one attached hydrogen (secondary N) is 1. The van der Waals surface area contributed by atoms with Crippen molar-refractivity contribution in [2.45, 2.75) is 11.4 Å². The molecule has 0 radical (unpaired) electrons. The fourth-order valence-corrected chi connectivity index (χ4v) is 4.89. The first-order valence-electron chi connectivity index (χ1n) is 9.10. The molecule has 2 aromatic carbocycles. The van der Waals surface area contributed by atoms with Crippen LogP contribution in [0.2, 0.25) is 0 Å². The van der Waals surface area contributed by atoms with Crippen LogP contribution in [-0.4, -0.2) is 54.1 Å². The van der Waals surface area contributed by atoms with Crippen LogP contribution in [0, 0.1) is 0 Å². The van der Waals surface area contributed by atoms with Gasteiger partial charge in [-0.15, -0.1) is 0 Å². The summed E-state index contributed by atoms with van der Waals surface area (Å²) in [6, 6.07) is 13.2. The number of sulfone groups is 1. The SMILES string of the molecule is CS(=O)(=O)c1ccc2ncnc(Nc3cccc(CN4CCSCC4)c3)c2c1. The van der Waals surface area contributed by atoms with Crippen LogP contribution in [0.3, 0.4) is 0 Å². The molecule has 0 aliphatic carbocycles. The molecule has 1 aliphatic heterocycles. The third kappa shape index (κ3) is 4.45. The number of thioether (sulfide) groups is 1. The molecule has 0 spiro atoms. The fraction of sp³-hybridized carbons (Fsp3) is 0.300. The summed E-state index contributed by atoms with van der Waals surface area (Å²) in [5.74, 6) is 2.98. The number of nitrogens with zero attached hydrogens (tertiary/aromatic N) is 3. The number of fused-ring (bicyclic) bond motifs is 1. The second-order valence-electron chi connectivity index (χ2n) is 6.89. The molecule has 2 heterocycles. The summed E-state index contributed by atoms with van der Waals surface area (Å²) in [7, 11) is -3.30. The van der Waals surface area contributed by atoms with Crippen molar-refractivity contribution in [2.75, 3.05) is 36.2 Å². The molecule has 1 aromatic heterocycles. The maximum Gasteiger partial charge on any atom is 0.175 e. The molecule has 28 heavy (non-hydrogen) atoms. The molecule has 0 bridgehead atoms. The Morgan fingerprint density at radius 2 is 1.93 bits per heavy atom. The predicted octanol–water partition coefficient (Wildman–Crippen LogP) is 3.33. The van der Waals surface area contributed by atoms with E-state index in [4.69, 9.17) is 0 Å². The average molecular weight is 415 g/mol. The van der Waals surface area contributed by atoms with Crippen molar-refractivity contribution in [3.05, 3.63) is 54.4 Å². The van der Waals surface area contributed by atoms with Crippen molar-refractivity contribution in [3.8, 4) is 0 Å². The summed E-state index contributed by atoms with van der Waals surface area (Å²) in [5.41, 5.74) is 2.87. The highest BCUT2D eigenvalue weighted by Gasteiger charge is 2.13. The lowest BCUT2D eigenvalue weighted by atomic mass is 10.1. The van der Waals surface area contributed by atoms with Gasteiger partial charge in [0.25, 0.3) is 0 Å². The standard InChI is InChI=1S/C20H22N4O2S2/c1-28(25,26)17-5-6-19-18(12-17)20(22-14-21-19)23-16-4-2-3-15(11-16)13-24-7-9-27-10-8-24/h2-6,11-12,14H,7-10,13H2,1H3,(H,21,22,23). The lowest BCUT2D eigenvalue weighted by Crippen LogP contribution is -2.31. The minimum absolute atomic E-state index is 0.259. The van der Waals surface area contributed by atoms with Crippen molar-refractivity contribution in [1.82, 2.24) is 14.9 Å². The van der Waals surface area contributed by atoms with Crippen LogP contribution in [0.4, 0.5) is 11.5 Å². The maximum atomic E-state index is 11.9. The molecule has 1 aliphatic rings. The molecule has 3 aromatic rings. The van der Waals surface area contributed by atoms with E-state index < -0.39 is 9.84 Å². The van der Waals surface area contributed by atoms with Crippen molar-refractivity contribution in [2.24, 2.45) is 0 Å². The zero-order valence-electron chi connectivity index (χ0n) is 15.6. The molecule has 1 N–H and O–H groups in total. The highest BCUT2D eigenvalue weighted by atomic mass is 32.2.